The minimum atomic E-state index is 0.148. The maximum absolute atomic E-state index is 4.98. The molecule has 2 fully saturated rings. The molecule has 6 aromatic rings. The Morgan fingerprint density at radius 2 is 0.981 bits per heavy atom. The Balaban J connectivity index is 0.993. The SMILES string of the molecule is C1=C2C(=CC3c4ccccc4C4(CCCCC4)C13)C1(CCCCC1)c1ccc(-c3ccc(-c4nc(-c5ccccc5)nc(-c5ccccc5)n4)cc3)cc12. The first-order valence-corrected chi connectivity index (χ1v) is 20.4. The van der Waals surface area contributed by atoms with Crippen LogP contribution in [0.3, 0.4) is 0 Å². The minimum Gasteiger partial charge on any atom is -0.208 e. The predicted octanol–water partition coefficient (Wildman–Crippen LogP) is 12.7. The molecule has 0 amide bonds. The summed E-state index contributed by atoms with van der Waals surface area (Å²) in [6.07, 6.45) is 18.8. The molecule has 0 radical (unpaired) electrons. The zero-order valence-electron chi connectivity index (χ0n) is 30.8. The molecule has 3 heteroatoms. The fraction of sp³-hybridized carbons (Fsp3) is 0.275. The van der Waals surface area contributed by atoms with Gasteiger partial charge in [-0.3, -0.25) is 0 Å². The average molecular weight is 700 g/mol. The summed E-state index contributed by atoms with van der Waals surface area (Å²) in [5, 5.41) is 0. The number of nitrogens with zero attached hydrogens (tertiary/aromatic N) is 3. The average Bonchev–Trinajstić information content (AvgIpc) is 3.66. The van der Waals surface area contributed by atoms with E-state index in [-0.39, 0.29) is 10.8 Å². The lowest BCUT2D eigenvalue weighted by Crippen LogP contribution is -2.35. The largest absolute Gasteiger partial charge is 0.208 e. The summed E-state index contributed by atoms with van der Waals surface area (Å²) in [6, 6.07) is 46.3. The van der Waals surface area contributed by atoms with Gasteiger partial charge in [0, 0.05) is 33.4 Å². The summed E-state index contributed by atoms with van der Waals surface area (Å²) in [5.74, 6) is 3.11. The standard InChI is InChI=1S/C51H45N3/c1-5-15-35(16-6-1)47-52-48(36-17-7-2-8-18-36)54-49(53-47)37-23-21-34(22-24-37)38-25-26-44-40(31-38)42-33-45-41(32-46(42)51(44)29-13-4-14-30-51)39-19-9-10-20-43(39)50(45)27-11-3-12-28-50/h1-2,5-10,15-26,31-33,41,45H,3-4,11-14,27-30H2. The molecule has 5 aliphatic rings. The van der Waals surface area contributed by atoms with E-state index in [4.69, 9.17) is 15.0 Å². The molecule has 264 valence electrons. The molecule has 0 N–H and O–H groups in total. The molecule has 3 nitrogen and oxygen atoms in total. The van der Waals surface area contributed by atoms with Gasteiger partial charge in [0.2, 0.25) is 0 Å². The lowest BCUT2D eigenvalue weighted by molar-refractivity contribution is 0.232. The van der Waals surface area contributed by atoms with Gasteiger partial charge in [0.25, 0.3) is 0 Å². The molecule has 0 bridgehead atoms. The lowest BCUT2D eigenvalue weighted by atomic mass is 9.61. The maximum Gasteiger partial charge on any atom is 0.164 e. The summed E-state index contributed by atoms with van der Waals surface area (Å²) in [6.45, 7) is 0. The molecule has 54 heavy (non-hydrogen) atoms. The van der Waals surface area contributed by atoms with Gasteiger partial charge in [-0.25, -0.2) is 15.0 Å². The second-order valence-electron chi connectivity index (χ2n) is 16.5. The van der Waals surface area contributed by atoms with E-state index in [0.717, 1.165) is 16.7 Å². The van der Waals surface area contributed by atoms with E-state index in [0.29, 0.717) is 29.3 Å². The van der Waals surface area contributed by atoms with Gasteiger partial charge < -0.3 is 0 Å². The number of hydrogen-bond acceptors (Lipinski definition) is 3. The van der Waals surface area contributed by atoms with Crippen LogP contribution < -0.4 is 0 Å². The lowest BCUT2D eigenvalue weighted by Gasteiger charge is -2.43. The third kappa shape index (κ3) is 4.90. The Bertz CT molecular complexity index is 2390. The molecule has 2 unspecified atom stereocenters. The quantitative estimate of drug-likeness (QED) is 0.184. The minimum absolute atomic E-state index is 0.148. The monoisotopic (exact) mass is 699 g/mol. The summed E-state index contributed by atoms with van der Waals surface area (Å²) in [5.41, 5.74) is 15.4. The van der Waals surface area contributed by atoms with Crippen molar-refractivity contribution in [2.24, 2.45) is 5.92 Å². The molecule has 5 aromatic carbocycles. The van der Waals surface area contributed by atoms with Crippen LogP contribution in [0.5, 0.6) is 0 Å². The molecule has 2 spiro atoms. The molecule has 5 aliphatic carbocycles. The van der Waals surface area contributed by atoms with Crippen LogP contribution in [0.15, 0.2) is 145 Å². The van der Waals surface area contributed by atoms with Gasteiger partial charge in [0.05, 0.1) is 0 Å². The van der Waals surface area contributed by atoms with Crippen LogP contribution in [0, 0.1) is 5.92 Å². The highest BCUT2D eigenvalue weighted by Crippen LogP contribution is 2.65. The molecule has 1 aromatic heterocycles. The highest BCUT2D eigenvalue weighted by atomic mass is 15.0. The number of fused-ring (bicyclic) bond motifs is 10. The van der Waals surface area contributed by atoms with E-state index in [1.165, 1.54) is 80.9 Å². The Morgan fingerprint density at radius 1 is 0.444 bits per heavy atom. The fourth-order valence-electron chi connectivity index (χ4n) is 11.3. The summed E-state index contributed by atoms with van der Waals surface area (Å²) in [7, 11) is 0. The Kier molecular flexibility index (Phi) is 7.47. The van der Waals surface area contributed by atoms with Crippen LogP contribution in [-0.2, 0) is 10.8 Å². The molecule has 1 heterocycles. The molecule has 2 saturated carbocycles. The van der Waals surface area contributed by atoms with Crippen molar-refractivity contribution >= 4 is 5.57 Å². The summed E-state index contributed by atoms with van der Waals surface area (Å²) >= 11 is 0. The van der Waals surface area contributed by atoms with Gasteiger partial charge in [-0.15, -0.1) is 0 Å². The zero-order chi connectivity index (χ0) is 35.7. The predicted molar refractivity (Wildman–Crippen MR) is 220 cm³/mol. The first kappa shape index (κ1) is 32.1. The molecule has 0 saturated heterocycles. The van der Waals surface area contributed by atoms with E-state index >= 15 is 0 Å². The van der Waals surface area contributed by atoms with Crippen LogP contribution in [0.2, 0.25) is 0 Å². The third-order valence-electron chi connectivity index (χ3n) is 13.8. The zero-order valence-corrected chi connectivity index (χ0v) is 30.8. The van der Waals surface area contributed by atoms with Crippen molar-refractivity contribution in [3.8, 4) is 45.3 Å². The van der Waals surface area contributed by atoms with Crippen molar-refractivity contribution in [3.63, 3.8) is 0 Å². The number of hydrogen-bond donors (Lipinski definition) is 0. The van der Waals surface area contributed by atoms with Crippen LogP contribution in [0.4, 0.5) is 0 Å². The molecular weight excluding hydrogens is 655 g/mol. The normalized spacial score (nSPS) is 21.5. The van der Waals surface area contributed by atoms with E-state index in [1.54, 1.807) is 27.8 Å². The maximum atomic E-state index is 4.98. The third-order valence-corrected chi connectivity index (χ3v) is 13.8. The van der Waals surface area contributed by atoms with E-state index < -0.39 is 0 Å². The van der Waals surface area contributed by atoms with Crippen molar-refractivity contribution in [2.75, 3.05) is 0 Å². The first-order valence-electron chi connectivity index (χ1n) is 20.4. The molecular formula is C51H45N3. The van der Waals surface area contributed by atoms with E-state index in [9.17, 15) is 0 Å². The second kappa shape index (κ2) is 12.6. The van der Waals surface area contributed by atoms with Gasteiger partial charge in [0.1, 0.15) is 0 Å². The Labute approximate surface area is 319 Å². The van der Waals surface area contributed by atoms with Crippen LogP contribution in [0.1, 0.15) is 92.4 Å². The summed E-state index contributed by atoms with van der Waals surface area (Å²) in [4.78, 5) is 14.9. The smallest absolute Gasteiger partial charge is 0.164 e. The van der Waals surface area contributed by atoms with Crippen molar-refractivity contribution < 1.29 is 0 Å². The van der Waals surface area contributed by atoms with Crippen LogP contribution in [0.25, 0.3) is 50.9 Å². The number of aromatic nitrogens is 3. The van der Waals surface area contributed by atoms with Crippen LogP contribution >= 0.6 is 0 Å². The number of allylic oxidation sites excluding steroid dienone is 4. The number of benzene rings is 5. The molecule has 0 aliphatic heterocycles. The second-order valence-corrected chi connectivity index (χ2v) is 16.5. The van der Waals surface area contributed by atoms with E-state index in [1.807, 2.05) is 36.4 Å². The highest BCUT2D eigenvalue weighted by molar-refractivity contribution is 5.93. The van der Waals surface area contributed by atoms with Crippen molar-refractivity contribution in [1.82, 2.24) is 15.0 Å². The van der Waals surface area contributed by atoms with Gasteiger partial charge >= 0.3 is 0 Å². The Hall–Kier alpha value is -5.41. The first-order chi connectivity index (χ1) is 26.7. The van der Waals surface area contributed by atoms with Gasteiger partial charge in [-0.1, -0.05) is 172 Å². The van der Waals surface area contributed by atoms with E-state index in [2.05, 4.69) is 103 Å². The van der Waals surface area contributed by atoms with Gasteiger partial charge in [-0.05, 0) is 82.2 Å². The molecule has 11 rings (SSSR count). The fourth-order valence-corrected chi connectivity index (χ4v) is 11.3. The topological polar surface area (TPSA) is 38.7 Å². The van der Waals surface area contributed by atoms with Gasteiger partial charge in [0.15, 0.2) is 17.5 Å². The van der Waals surface area contributed by atoms with Crippen molar-refractivity contribution in [1.29, 1.82) is 0 Å². The van der Waals surface area contributed by atoms with Crippen molar-refractivity contribution in [3.05, 3.63) is 167 Å². The number of rotatable bonds is 4. The van der Waals surface area contributed by atoms with Crippen molar-refractivity contribution in [2.45, 2.75) is 81.0 Å². The highest BCUT2D eigenvalue weighted by Gasteiger charge is 2.55. The molecule has 2 atom stereocenters. The van der Waals surface area contributed by atoms with Crippen LogP contribution in [-0.4, -0.2) is 15.0 Å². The summed E-state index contributed by atoms with van der Waals surface area (Å²) < 4.78 is 0. The van der Waals surface area contributed by atoms with Gasteiger partial charge in [-0.2, -0.15) is 0 Å². The Morgan fingerprint density at radius 3 is 1.63 bits per heavy atom.